The summed E-state index contributed by atoms with van der Waals surface area (Å²) in [6, 6.07) is 6.16. The van der Waals surface area contributed by atoms with E-state index in [1.54, 1.807) is 24.8 Å². The number of likely N-dealkylation sites (tertiary alicyclic amines) is 1. The minimum atomic E-state index is -1.17. The van der Waals surface area contributed by atoms with Crippen LogP contribution in [0.15, 0.2) is 36.9 Å². The standard InChI is InChI=1S/C30H43N3O6/c1-7-18-32(22-14-12-21(13-15-22)31(9-3)10-4)27(36)25-30-17-16-29(8-2,39-30)24(28(37)38-11-5)23(30)26(35)33(25)20(6)19-34/h7,12-15,20,23-25,34H,1,8-11,16-19H2,2-6H3/t20-,23+,24+,25?,29-,30?/m1/s1. The lowest BCUT2D eigenvalue weighted by molar-refractivity contribution is -0.161. The Hall–Kier alpha value is -2.91. The van der Waals surface area contributed by atoms with Gasteiger partial charge >= 0.3 is 5.97 Å². The van der Waals surface area contributed by atoms with E-state index < -0.39 is 41.1 Å². The molecule has 0 aliphatic carbocycles. The number of nitrogens with zero attached hydrogens (tertiary/aromatic N) is 3. The molecule has 3 fully saturated rings. The molecule has 9 nitrogen and oxygen atoms in total. The second-order valence-electron chi connectivity index (χ2n) is 10.8. The van der Waals surface area contributed by atoms with Gasteiger partial charge in [-0.05, 0) is 71.2 Å². The Morgan fingerprint density at radius 2 is 1.82 bits per heavy atom. The van der Waals surface area contributed by atoms with E-state index in [0.717, 1.165) is 18.8 Å². The summed E-state index contributed by atoms with van der Waals surface area (Å²) in [7, 11) is 0. The molecule has 1 aromatic rings. The summed E-state index contributed by atoms with van der Waals surface area (Å²) >= 11 is 0. The van der Waals surface area contributed by atoms with Gasteiger partial charge in [-0.1, -0.05) is 13.0 Å². The minimum Gasteiger partial charge on any atom is -0.466 e. The molecule has 3 aliphatic rings. The number of amides is 2. The van der Waals surface area contributed by atoms with Crippen LogP contribution in [0.4, 0.5) is 11.4 Å². The van der Waals surface area contributed by atoms with Gasteiger partial charge in [0.2, 0.25) is 5.91 Å². The van der Waals surface area contributed by atoms with Crippen molar-refractivity contribution >= 4 is 29.2 Å². The van der Waals surface area contributed by atoms with Crippen LogP contribution in [0.5, 0.6) is 0 Å². The smallest absolute Gasteiger partial charge is 0.312 e. The van der Waals surface area contributed by atoms with Crippen LogP contribution in [0, 0.1) is 11.8 Å². The Bertz CT molecular complexity index is 1090. The number of esters is 1. The average Bonchev–Trinajstić information content (AvgIpc) is 3.56. The molecule has 0 aromatic heterocycles. The van der Waals surface area contributed by atoms with Crippen molar-refractivity contribution in [1.29, 1.82) is 0 Å². The van der Waals surface area contributed by atoms with Gasteiger partial charge in [0, 0.05) is 31.0 Å². The molecule has 2 bridgehead atoms. The van der Waals surface area contributed by atoms with Crippen LogP contribution in [0.2, 0.25) is 0 Å². The van der Waals surface area contributed by atoms with Crippen LogP contribution in [0.25, 0.3) is 0 Å². The molecular weight excluding hydrogens is 498 g/mol. The monoisotopic (exact) mass is 541 g/mol. The molecule has 0 radical (unpaired) electrons. The number of ether oxygens (including phenoxy) is 2. The third kappa shape index (κ3) is 4.43. The number of aliphatic hydroxyl groups excluding tert-OH is 1. The van der Waals surface area contributed by atoms with Crippen LogP contribution >= 0.6 is 0 Å². The number of carbonyl (C=O) groups excluding carboxylic acids is 3. The Morgan fingerprint density at radius 1 is 1.18 bits per heavy atom. The summed E-state index contributed by atoms with van der Waals surface area (Å²) in [6.45, 7) is 15.3. The van der Waals surface area contributed by atoms with Crippen LogP contribution in [-0.2, 0) is 23.9 Å². The first kappa shape index (κ1) is 29.1. The Labute approximate surface area is 231 Å². The van der Waals surface area contributed by atoms with Crippen molar-refractivity contribution in [3.63, 3.8) is 0 Å². The SMILES string of the molecule is C=CCN(C(=O)C1N([C@H](C)CO)C(=O)[C@@H]2[C@@H](C(=O)OCC)[C@@]3(CC)CCC12O3)c1ccc(N(CC)CC)cc1. The van der Waals surface area contributed by atoms with Gasteiger partial charge in [-0.15, -0.1) is 6.58 Å². The first-order valence-electron chi connectivity index (χ1n) is 14.3. The normalized spacial score (nSPS) is 29.7. The number of anilines is 2. The van der Waals surface area contributed by atoms with Crippen molar-refractivity contribution in [3.05, 3.63) is 36.9 Å². The lowest BCUT2D eigenvalue weighted by atomic mass is 9.65. The first-order chi connectivity index (χ1) is 18.7. The topological polar surface area (TPSA) is 99.6 Å². The average molecular weight is 542 g/mol. The maximum Gasteiger partial charge on any atom is 0.312 e. The van der Waals surface area contributed by atoms with Crippen LogP contribution in [-0.4, -0.2) is 83.9 Å². The highest BCUT2D eigenvalue weighted by Gasteiger charge is 2.79. The maximum atomic E-state index is 14.6. The lowest BCUT2D eigenvalue weighted by Crippen LogP contribution is -2.58. The van der Waals surface area contributed by atoms with E-state index in [1.165, 1.54) is 4.90 Å². The zero-order chi connectivity index (χ0) is 28.5. The van der Waals surface area contributed by atoms with Crippen molar-refractivity contribution in [2.45, 2.75) is 77.2 Å². The lowest BCUT2D eigenvalue weighted by Gasteiger charge is -2.38. The summed E-state index contributed by atoms with van der Waals surface area (Å²) in [4.78, 5) is 47.2. The minimum absolute atomic E-state index is 0.193. The number of benzene rings is 1. The quantitative estimate of drug-likeness (QED) is 0.321. The predicted octanol–water partition coefficient (Wildman–Crippen LogP) is 3.15. The van der Waals surface area contributed by atoms with Crippen LogP contribution in [0.3, 0.4) is 0 Å². The molecule has 4 rings (SSSR count). The molecule has 6 atom stereocenters. The number of hydrogen-bond acceptors (Lipinski definition) is 7. The third-order valence-corrected chi connectivity index (χ3v) is 9.00. The van der Waals surface area contributed by atoms with Crippen molar-refractivity contribution in [2.24, 2.45) is 11.8 Å². The molecule has 2 amide bonds. The highest BCUT2D eigenvalue weighted by atomic mass is 16.6. The molecule has 3 aliphatic heterocycles. The largest absolute Gasteiger partial charge is 0.466 e. The van der Waals surface area contributed by atoms with E-state index in [4.69, 9.17) is 9.47 Å². The fourth-order valence-electron chi connectivity index (χ4n) is 7.12. The van der Waals surface area contributed by atoms with Gasteiger partial charge in [-0.2, -0.15) is 0 Å². The predicted molar refractivity (Wildman–Crippen MR) is 149 cm³/mol. The molecule has 2 unspecified atom stereocenters. The van der Waals surface area contributed by atoms with Gasteiger partial charge in [0.1, 0.15) is 17.6 Å². The number of carbonyl (C=O) groups is 3. The van der Waals surface area contributed by atoms with E-state index in [0.29, 0.717) is 24.9 Å². The van der Waals surface area contributed by atoms with Gasteiger partial charge in [-0.3, -0.25) is 14.4 Å². The Morgan fingerprint density at radius 3 is 2.36 bits per heavy atom. The second-order valence-corrected chi connectivity index (χ2v) is 10.8. The fourth-order valence-corrected chi connectivity index (χ4v) is 7.12. The van der Waals surface area contributed by atoms with Gasteiger partial charge in [0.05, 0.1) is 30.8 Å². The number of rotatable bonds is 12. The van der Waals surface area contributed by atoms with E-state index in [2.05, 4.69) is 25.3 Å². The number of aliphatic hydroxyl groups is 1. The highest BCUT2D eigenvalue weighted by molar-refractivity contribution is 6.05. The summed E-state index contributed by atoms with van der Waals surface area (Å²) in [5, 5.41) is 10.1. The van der Waals surface area contributed by atoms with Gasteiger partial charge < -0.3 is 29.3 Å². The van der Waals surface area contributed by atoms with Crippen molar-refractivity contribution in [1.82, 2.24) is 4.90 Å². The van der Waals surface area contributed by atoms with E-state index >= 15 is 0 Å². The van der Waals surface area contributed by atoms with Gasteiger partial charge in [0.15, 0.2) is 0 Å². The zero-order valence-electron chi connectivity index (χ0n) is 23.9. The van der Waals surface area contributed by atoms with Gasteiger partial charge in [0.25, 0.3) is 5.91 Å². The van der Waals surface area contributed by atoms with Gasteiger partial charge in [-0.25, -0.2) is 0 Å². The zero-order valence-corrected chi connectivity index (χ0v) is 23.9. The van der Waals surface area contributed by atoms with E-state index in [9.17, 15) is 19.5 Å². The van der Waals surface area contributed by atoms with E-state index in [1.807, 2.05) is 31.2 Å². The summed E-state index contributed by atoms with van der Waals surface area (Å²) in [6.07, 6.45) is 3.22. The molecule has 1 spiro atoms. The molecular formula is C30H43N3O6. The molecule has 1 N–H and O–H groups in total. The van der Waals surface area contributed by atoms with Crippen LogP contribution in [0.1, 0.15) is 53.9 Å². The molecule has 214 valence electrons. The summed E-state index contributed by atoms with van der Waals surface area (Å²) in [5.74, 6) is -2.74. The van der Waals surface area contributed by atoms with E-state index in [-0.39, 0.29) is 31.6 Å². The molecule has 1 aromatic carbocycles. The van der Waals surface area contributed by atoms with Crippen LogP contribution < -0.4 is 9.80 Å². The maximum absolute atomic E-state index is 14.6. The number of fused-ring (bicyclic) bond motifs is 1. The second kappa shape index (κ2) is 11.3. The third-order valence-electron chi connectivity index (χ3n) is 9.00. The van der Waals surface area contributed by atoms with Crippen molar-refractivity contribution in [3.8, 4) is 0 Å². The van der Waals surface area contributed by atoms with Crippen molar-refractivity contribution < 1.29 is 29.0 Å². The first-order valence-corrected chi connectivity index (χ1v) is 14.3. The molecule has 3 saturated heterocycles. The molecule has 0 saturated carbocycles. The fraction of sp³-hybridized carbons (Fsp3) is 0.633. The van der Waals surface area contributed by atoms with Crippen molar-refractivity contribution in [2.75, 3.05) is 42.6 Å². The molecule has 39 heavy (non-hydrogen) atoms. The summed E-state index contributed by atoms with van der Waals surface area (Å²) in [5.41, 5.74) is -0.292. The Balaban J connectivity index is 1.79. The highest BCUT2D eigenvalue weighted by Crippen LogP contribution is 2.64. The summed E-state index contributed by atoms with van der Waals surface area (Å²) < 4.78 is 12.2. The molecule has 9 heteroatoms. The Kier molecular flexibility index (Phi) is 8.42. The molecule has 3 heterocycles. The number of hydrogen-bond donors (Lipinski definition) is 1.